The maximum atomic E-state index is 12.0. The van der Waals surface area contributed by atoms with Crippen LogP contribution in [0.1, 0.15) is 17.3 Å². The molecule has 2 N–H and O–H groups in total. The van der Waals surface area contributed by atoms with Gasteiger partial charge in [0.05, 0.1) is 12.1 Å². The number of amides is 1. The number of nitrogens with one attached hydrogen (secondary N) is 1. The number of benzene rings is 1. The molecule has 1 heterocycles. The Labute approximate surface area is 143 Å². The second-order valence-electron chi connectivity index (χ2n) is 4.78. The molecule has 1 atom stereocenters. The second kappa shape index (κ2) is 7.65. The molecule has 0 unspecified atom stereocenters. The molecule has 7 nitrogen and oxygen atoms in total. The van der Waals surface area contributed by atoms with Gasteiger partial charge in [-0.15, -0.1) is 0 Å². The van der Waals surface area contributed by atoms with Gasteiger partial charge in [-0.25, -0.2) is 9.78 Å². The van der Waals surface area contributed by atoms with Crippen LogP contribution in [-0.4, -0.2) is 35.2 Å². The Hall–Kier alpha value is -2.80. The number of phenols is 1. The summed E-state index contributed by atoms with van der Waals surface area (Å²) in [5.41, 5.74) is -0.0694. The number of aromatic nitrogens is 1. The number of carbonyl (C=O) groups excluding carboxylic acids is 2. The molecule has 0 aliphatic heterocycles. The van der Waals surface area contributed by atoms with Crippen molar-refractivity contribution in [2.75, 3.05) is 12.4 Å². The van der Waals surface area contributed by atoms with Gasteiger partial charge in [-0.1, -0.05) is 11.6 Å². The van der Waals surface area contributed by atoms with Crippen molar-refractivity contribution in [1.29, 1.82) is 0 Å². The topological polar surface area (TPSA) is 97.8 Å². The molecule has 1 aromatic carbocycles. The molecule has 0 saturated carbocycles. The van der Waals surface area contributed by atoms with E-state index < -0.39 is 18.0 Å². The highest BCUT2D eigenvalue weighted by molar-refractivity contribution is 6.30. The summed E-state index contributed by atoms with van der Waals surface area (Å²) < 4.78 is 9.97. The van der Waals surface area contributed by atoms with Crippen LogP contribution in [0.3, 0.4) is 0 Å². The number of phenolic OH excluding ortho intramolecular Hbond substituents is 1. The number of hydrogen-bond donors (Lipinski definition) is 2. The van der Waals surface area contributed by atoms with E-state index in [1.807, 2.05) is 0 Å². The van der Waals surface area contributed by atoms with Crippen molar-refractivity contribution < 1.29 is 24.2 Å². The van der Waals surface area contributed by atoms with Gasteiger partial charge in [0, 0.05) is 12.3 Å². The molecular weight excluding hydrogens is 336 g/mol. The van der Waals surface area contributed by atoms with Crippen LogP contribution in [0.4, 0.5) is 5.82 Å². The summed E-state index contributed by atoms with van der Waals surface area (Å²) in [6.45, 7) is 1.41. The molecule has 0 aliphatic rings. The van der Waals surface area contributed by atoms with E-state index in [2.05, 4.69) is 10.3 Å². The standard InChI is InChI=1S/C16H15ClN2O5/c1-9(15(21)19-14-6-3-10(17)8-18-14)24-16(22)12-5-4-11(23-2)7-13(12)20/h3-9,20H,1-2H3,(H,18,19,21)/t9-/m0/s1. The number of aromatic hydroxyl groups is 1. The predicted octanol–water partition coefficient (Wildman–Crippen LogP) is 2.63. The first-order valence-electron chi connectivity index (χ1n) is 6.91. The predicted molar refractivity (Wildman–Crippen MR) is 87.4 cm³/mol. The lowest BCUT2D eigenvalue weighted by molar-refractivity contribution is -0.123. The van der Waals surface area contributed by atoms with Gasteiger partial charge in [0.15, 0.2) is 6.10 Å². The third kappa shape index (κ3) is 4.36. The monoisotopic (exact) mass is 350 g/mol. The molecule has 0 fully saturated rings. The minimum absolute atomic E-state index is 0.0694. The first kappa shape index (κ1) is 17.6. The summed E-state index contributed by atoms with van der Waals surface area (Å²) in [4.78, 5) is 28.0. The average molecular weight is 351 g/mol. The fraction of sp³-hybridized carbons (Fsp3) is 0.188. The number of hydrogen-bond acceptors (Lipinski definition) is 6. The number of nitrogens with zero attached hydrogens (tertiary/aromatic N) is 1. The molecule has 0 saturated heterocycles. The Balaban J connectivity index is 2.00. The van der Waals surface area contributed by atoms with E-state index in [1.54, 1.807) is 6.07 Å². The van der Waals surface area contributed by atoms with E-state index in [9.17, 15) is 14.7 Å². The summed E-state index contributed by atoms with van der Waals surface area (Å²) in [5, 5.41) is 12.7. The van der Waals surface area contributed by atoms with Gasteiger partial charge in [0.25, 0.3) is 5.91 Å². The molecule has 2 rings (SSSR count). The van der Waals surface area contributed by atoms with E-state index >= 15 is 0 Å². The minimum Gasteiger partial charge on any atom is -0.507 e. The number of methoxy groups -OCH3 is 1. The Morgan fingerprint density at radius 2 is 2.04 bits per heavy atom. The Morgan fingerprint density at radius 1 is 1.29 bits per heavy atom. The van der Waals surface area contributed by atoms with Gasteiger partial charge in [-0.05, 0) is 31.2 Å². The summed E-state index contributed by atoms with van der Waals surface area (Å²) in [6, 6.07) is 7.21. The smallest absolute Gasteiger partial charge is 0.342 e. The van der Waals surface area contributed by atoms with Crippen molar-refractivity contribution in [3.8, 4) is 11.5 Å². The fourth-order valence-corrected chi connectivity index (χ4v) is 1.88. The van der Waals surface area contributed by atoms with E-state index in [1.165, 1.54) is 44.5 Å². The summed E-state index contributed by atoms with van der Waals surface area (Å²) in [7, 11) is 1.43. The normalized spacial score (nSPS) is 11.5. The number of ether oxygens (including phenoxy) is 2. The third-order valence-corrected chi connectivity index (χ3v) is 3.28. The highest BCUT2D eigenvalue weighted by Crippen LogP contribution is 2.24. The van der Waals surface area contributed by atoms with Gasteiger partial charge < -0.3 is 19.9 Å². The van der Waals surface area contributed by atoms with Gasteiger partial charge in [0.2, 0.25) is 0 Å². The Morgan fingerprint density at radius 3 is 2.62 bits per heavy atom. The zero-order chi connectivity index (χ0) is 17.7. The van der Waals surface area contributed by atoms with Crippen LogP contribution in [0, 0.1) is 0 Å². The minimum atomic E-state index is -1.09. The third-order valence-electron chi connectivity index (χ3n) is 3.06. The lowest BCUT2D eigenvalue weighted by atomic mass is 10.2. The highest BCUT2D eigenvalue weighted by Gasteiger charge is 2.21. The molecule has 8 heteroatoms. The molecule has 0 aliphatic carbocycles. The molecule has 0 bridgehead atoms. The van der Waals surface area contributed by atoms with Crippen molar-refractivity contribution in [3.05, 3.63) is 47.1 Å². The maximum absolute atomic E-state index is 12.0. The zero-order valence-electron chi connectivity index (χ0n) is 12.9. The number of esters is 1. The van der Waals surface area contributed by atoms with Crippen LogP contribution in [0.5, 0.6) is 11.5 Å². The molecule has 1 aromatic heterocycles. The average Bonchev–Trinajstić information content (AvgIpc) is 2.56. The van der Waals surface area contributed by atoms with Gasteiger partial charge in [-0.2, -0.15) is 0 Å². The van der Waals surface area contributed by atoms with Crippen LogP contribution in [0.15, 0.2) is 36.5 Å². The lowest BCUT2D eigenvalue weighted by Gasteiger charge is -2.14. The number of rotatable bonds is 5. The second-order valence-corrected chi connectivity index (χ2v) is 5.22. The molecule has 126 valence electrons. The van der Waals surface area contributed by atoms with E-state index in [0.717, 1.165) is 0 Å². The van der Waals surface area contributed by atoms with Crippen molar-refractivity contribution >= 4 is 29.3 Å². The van der Waals surface area contributed by atoms with E-state index in [-0.39, 0.29) is 17.1 Å². The molecule has 0 radical (unpaired) electrons. The first-order valence-corrected chi connectivity index (χ1v) is 7.29. The molecule has 1 amide bonds. The van der Waals surface area contributed by atoms with Gasteiger partial charge in [-0.3, -0.25) is 4.79 Å². The zero-order valence-corrected chi connectivity index (χ0v) is 13.7. The summed E-state index contributed by atoms with van der Waals surface area (Å²) >= 11 is 5.71. The number of carbonyl (C=O) groups is 2. The Kier molecular flexibility index (Phi) is 5.59. The van der Waals surface area contributed by atoms with Crippen molar-refractivity contribution in [2.24, 2.45) is 0 Å². The van der Waals surface area contributed by atoms with Gasteiger partial charge >= 0.3 is 5.97 Å². The largest absolute Gasteiger partial charge is 0.507 e. The molecular formula is C16H15ClN2O5. The number of anilines is 1. The van der Waals surface area contributed by atoms with Crippen molar-refractivity contribution in [2.45, 2.75) is 13.0 Å². The lowest BCUT2D eigenvalue weighted by Crippen LogP contribution is -2.30. The number of halogens is 1. The van der Waals surface area contributed by atoms with Crippen LogP contribution >= 0.6 is 11.6 Å². The maximum Gasteiger partial charge on any atom is 0.342 e. The first-order chi connectivity index (χ1) is 11.4. The summed E-state index contributed by atoms with van der Waals surface area (Å²) in [5.74, 6) is -1.03. The van der Waals surface area contributed by atoms with E-state index in [4.69, 9.17) is 21.1 Å². The van der Waals surface area contributed by atoms with Crippen molar-refractivity contribution in [3.63, 3.8) is 0 Å². The van der Waals surface area contributed by atoms with Gasteiger partial charge in [0.1, 0.15) is 22.9 Å². The van der Waals surface area contributed by atoms with Crippen LogP contribution < -0.4 is 10.1 Å². The number of pyridine rings is 1. The molecule has 2 aromatic rings. The summed E-state index contributed by atoms with van der Waals surface area (Å²) in [6.07, 6.45) is 0.292. The van der Waals surface area contributed by atoms with Crippen LogP contribution in [-0.2, 0) is 9.53 Å². The van der Waals surface area contributed by atoms with Crippen LogP contribution in [0.2, 0.25) is 5.02 Å². The fourth-order valence-electron chi connectivity index (χ4n) is 1.77. The van der Waals surface area contributed by atoms with Crippen LogP contribution in [0.25, 0.3) is 0 Å². The highest BCUT2D eigenvalue weighted by atomic mass is 35.5. The van der Waals surface area contributed by atoms with E-state index in [0.29, 0.717) is 10.8 Å². The quantitative estimate of drug-likeness (QED) is 0.804. The Bertz CT molecular complexity index is 749. The van der Waals surface area contributed by atoms with Crippen molar-refractivity contribution in [1.82, 2.24) is 4.98 Å². The molecule has 24 heavy (non-hydrogen) atoms. The SMILES string of the molecule is COc1ccc(C(=O)O[C@@H](C)C(=O)Nc2ccc(Cl)cn2)c(O)c1. The molecule has 0 spiro atoms.